The van der Waals surface area contributed by atoms with Crippen molar-refractivity contribution in [3.8, 4) is 0 Å². The third kappa shape index (κ3) is 5.46. The predicted molar refractivity (Wildman–Crippen MR) is 65.9 cm³/mol. The van der Waals surface area contributed by atoms with Gasteiger partial charge in [-0.15, -0.1) is 0 Å². The third-order valence-corrected chi connectivity index (χ3v) is 2.56. The highest BCUT2D eigenvalue weighted by molar-refractivity contribution is 6.30. The van der Waals surface area contributed by atoms with Crippen molar-refractivity contribution in [1.29, 1.82) is 0 Å². The highest BCUT2D eigenvalue weighted by Gasteiger charge is 2.09. The first-order chi connectivity index (χ1) is 8.13. The van der Waals surface area contributed by atoms with E-state index in [-0.39, 0.29) is 12.2 Å². The molecule has 17 heavy (non-hydrogen) atoms. The van der Waals surface area contributed by atoms with Crippen molar-refractivity contribution in [2.45, 2.75) is 12.5 Å². The van der Waals surface area contributed by atoms with Crippen molar-refractivity contribution in [2.24, 2.45) is 0 Å². The first-order valence-corrected chi connectivity index (χ1v) is 5.83. The summed E-state index contributed by atoms with van der Waals surface area (Å²) in [6, 6.07) is 4.33. The zero-order valence-electron chi connectivity index (χ0n) is 9.75. The predicted octanol–water partition coefficient (Wildman–Crippen LogP) is 1.62. The molecule has 0 saturated heterocycles. The average Bonchev–Trinajstić information content (AvgIpc) is 2.29. The summed E-state index contributed by atoms with van der Waals surface area (Å²) in [5.74, 6) is -0.342. The smallest absolute Gasteiger partial charge is 0.126 e. The number of methoxy groups -OCH3 is 1. The van der Waals surface area contributed by atoms with E-state index in [0.29, 0.717) is 30.3 Å². The van der Waals surface area contributed by atoms with Gasteiger partial charge in [-0.25, -0.2) is 4.39 Å². The second kappa shape index (κ2) is 7.61. The van der Waals surface area contributed by atoms with Crippen LogP contribution in [0.5, 0.6) is 0 Å². The van der Waals surface area contributed by atoms with Crippen molar-refractivity contribution >= 4 is 11.6 Å². The highest BCUT2D eigenvalue weighted by atomic mass is 35.5. The number of aliphatic hydroxyl groups excluding tert-OH is 1. The Hall–Kier alpha value is -0.680. The van der Waals surface area contributed by atoms with Gasteiger partial charge in [0, 0.05) is 31.6 Å². The number of rotatable bonds is 7. The molecule has 5 heteroatoms. The molecule has 0 fully saturated rings. The van der Waals surface area contributed by atoms with Crippen molar-refractivity contribution < 1.29 is 14.2 Å². The van der Waals surface area contributed by atoms with Crippen LogP contribution in [0.3, 0.4) is 0 Å². The lowest BCUT2D eigenvalue weighted by Crippen LogP contribution is -2.30. The van der Waals surface area contributed by atoms with Crippen LogP contribution in [-0.4, -0.2) is 38.0 Å². The van der Waals surface area contributed by atoms with Crippen LogP contribution in [0.1, 0.15) is 5.56 Å². The lowest BCUT2D eigenvalue weighted by molar-refractivity contribution is 0.159. The number of hydrogen-bond donors (Lipinski definition) is 2. The van der Waals surface area contributed by atoms with Crippen molar-refractivity contribution in [1.82, 2.24) is 5.32 Å². The van der Waals surface area contributed by atoms with Gasteiger partial charge in [-0.3, -0.25) is 0 Å². The van der Waals surface area contributed by atoms with E-state index < -0.39 is 6.10 Å². The quantitative estimate of drug-likeness (QED) is 0.733. The second-order valence-electron chi connectivity index (χ2n) is 3.79. The molecule has 0 aliphatic carbocycles. The van der Waals surface area contributed by atoms with Crippen LogP contribution in [0.4, 0.5) is 4.39 Å². The first-order valence-electron chi connectivity index (χ1n) is 5.45. The average molecular weight is 262 g/mol. The summed E-state index contributed by atoms with van der Waals surface area (Å²) in [5.41, 5.74) is 0.429. The molecule has 96 valence electrons. The van der Waals surface area contributed by atoms with Crippen LogP contribution in [0.2, 0.25) is 5.02 Å². The molecule has 0 heterocycles. The molecule has 1 atom stereocenters. The van der Waals surface area contributed by atoms with Crippen molar-refractivity contribution in [3.63, 3.8) is 0 Å². The van der Waals surface area contributed by atoms with E-state index >= 15 is 0 Å². The van der Waals surface area contributed by atoms with Crippen LogP contribution in [0.15, 0.2) is 18.2 Å². The fraction of sp³-hybridized carbons (Fsp3) is 0.500. The van der Waals surface area contributed by atoms with Gasteiger partial charge in [-0.1, -0.05) is 11.6 Å². The van der Waals surface area contributed by atoms with E-state index in [0.717, 1.165) is 0 Å². The molecule has 0 saturated carbocycles. The first kappa shape index (κ1) is 14.4. The summed E-state index contributed by atoms with van der Waals surface area (Å²) in [5, 5.41) is 13.2. The minimum atomic E-state index is -0.639. The van der Waals surface area contributed by atoms with Gasteiger partial charge in [-0.2, -0.15) is 0 Å². The van der Waals surface area contributed by atoms with Gasteiger partial charge in [0.25, 0.3) is 0 Å². The van der Waals surface area contributed by atoms with Gasteiger partial charge in [0.15, 0.2) is 0 Å². The van der Waals surface area contributed by atoms with E-state index in [4.69, 9.17) is 16.3 Å². The molecule has 1 unspecified atom stereocenters. The molecule has 2 N–H and O–H groups in total. The number of benzene rings is 1. The normalized spacial score (nSPS) is 12.7. The molecule has 1 aromatic rings. The SMILES string of the molecule is COCCNCC(O)Cc1cc(Cl)ccc1F. The summed E-state index contributed by atoms with van der Waals surface area (Å²) in [4.78, 5) is 0. The Morgan fingerprint density at radius 1 is 1.53 bits per heavy atom. The Labute approximate surface area is 106 Å². The van der Waals surface area contributed by atoms with Crippen LogP contribution in [0, 0.1) is 5.82 Å². The Bertz CT molecular complexity index is 349. The minimum Gasteiger partial charge on any atom is -0.391 e. The number of halogens is 2. The summed E-state index contributed by atoms with van der Waals surface area (Å²) in [6.45, 7) is 1.64. The maximum atomic E-state index is 13.4. The number of hydrogen-bond acceptors (Lipinski definition) is 3. The van der Waals surface area contributed by atoms with E-state index in [1.807, 2.05) is 0 Å². The number of ether oxygens (including phenoxy) is 1. The second-order valence-corrected chi connectivity index (χ2v) is 4.23. The highest BCUT2D eigenvalue weighted by Crippen LogP contribution is 2.16. The van der Waals surface area contributed by atoms with Crippen molar-refractivity contribution in [3.05, 3.63) is 34.6 Å². The summed E-state index contributed by atoms with van der Waals surface area (Å²) in [7, 11) is 1.61. The minimum absolute atomic E-state index is 0.242. The van der Waals surface area contributed by atoms with E-state index in [1.165, 1.54) is 18.2 Å². The van der Waals surface area contributed by atoms with E-state index in [1.54, 1.807) is 7.11 Å². The van der Waals surface area contributed by atoms with Gasteiger partial charge in [0.1, 0.15) is 5.82 Å². The Morgan fingerprint density at radius 3 is 3.00 bits per heavy atom. The molecule has 0 aliphatic heterocycles. The molecule has 0 radical (unpaired) electrons. The van der Waals surface area contributed by atoms with E-state index in [2.05, 4.69) is 5.32 Å². The largest absolute Gasteiger partial charge is 0.391 e. The van der Waals surface area contributed by atoms with Gasteiger partial charge in [0.2, 0.25) is 0 Å². The Kier molecular flexibility index (Phi) is 6.44. The molecule has 3 nitrogen and oxygen atoms in total. The molecule has 0 aromatic heterocycles. The maximum absolute atomic E-state index is 13.4. The molecule has 1 aromatic carbocycles. The molecule has 1 rings (SSSR count). The summed E-state index contributed by atoms with van der Waals surface area (Å²) >= 11 is 5.77. The fourth-order valence-electron chi connectivity index (χ4n) is 1.47. The van der Waals surface area contributed by atoms with Crippen molar-refractivity contribution in [2.75, 3.05) is 26.8 Å². The molecular formula is C12H17ClFNO2. The fourth-order valence-corrected chi connectivity index (χ4v) is 1.66. The number of aliphatic hydroxyl groups is 1. The van der Waals surface area contributed by atoms with Gasteiger partial charge in [-0.05, 0) is 23.8 Å². The van der Waals surface area contributed by atoms with Gasteiger partial charge in [0.05, 0.1) is 12.7 Å². The zero-order chi connectivity index (χ0) is 12.7. The van der Waals surface area contributed by atoms with Gasteiger partial charge < -0.3 is 15.2 Å². The Morgan fingerprint density at radius 2 is 2.29 bits per heavy atom. The lowest BCUT2D eigenvalue weighted by Gasteiger charge is -2.12. The molecule has 0 amide bonds. The molecule has 0 aliphatic rings. The van der Waals surface area contributed by atoms with Gasteiger partial charge >= 0.3 is 0 Å². The third-order valence-electron chi connectivity index (χ3n) is 2.33. The molecule has 0 spiro atoms. The van der Waals surface area contributed by atoms with Crippen LogP contribution < -0.4 is 5.32 Å². The molecular weight excluding hydrogens is 245 g/mol. The molecule has 0 bridgehead atoms. The zero-order valence-corrected chi connectivity index (χ0v) is 10.5. The van der Waals surface area contributed by atoms with Crippen LogP contribution in [-0.2, 0) is 11.2 Å². The van der Waals surface area contributed by atoms with Crippen LogP contribution in [0.25, 0.3) is 0 Å². The summed E-state index contributed by atoms with van der Waals surface area (Å²) < 4.78 is 18.2. The van der Waals surface area contributed by atoms with Crippen LogP contribution >= 0.6 is 11.6 Å². The Balaban J connectivity index is 2.39. The van der Waals surface area contributed by atoms with E-state index in [9.17, 15) is 9.50 Å². The maximum Gasteiger partial charge on any atom is 0.126 e. The monoisotopic (exact) mass is 261 g/mol. The lowest BCUT2D eigenvalue weighted by atomic mass is 10.1. The summed E-state index contributed by atoms with van der Waals surface area (Å²) in [6.07, 6.45) is -0.397. The number of nitrogens with one attached hydrogen (secondary N) is 1. The topological polar surface area (TPSA) is 41.5 Å². The standard InChI is InChI=1S/C12H17ClFNO2/c1-17-5-4-15-8-11(16)7-9-6-10(13)2-3-12(9)14/h2-3,6,11,15-16H,4-5,7-8H2,1H3.